The topological polar surface area (TPSA) is 97.1 Å². The van der Waals surface area contributed by atoms with Crippen molar-refractivity contribution >= 4 is 11.9 Å². The van der Waals surface area contributed by atoms with Crippen molar-refractivity contribution in [2.45, 2.75) is 20.1 Å². The summed E-state index contributed by atoms with van der Waals surface area (Å²) in [6.45, 7) is 0.387. The number of halogens is 2. The van der Waals surface area contributed by atoms with Crippen molar-refractivity contribution < 1.29 is 27.5 Å². The molecule has 0 radical (unpaired) electrons. The molecule has 1 aromatic heterocycles. The molecule has 10 heteroatoms. The highest BCUT2D eigenvalue weighted by atomic mass is 19.3. The lowest BCUT2D eigenvalue weighted by Gasteiger charge is -2.13. The molecule has 0 saturated heterocycles. The van der Waals surface area contributed by atoms with Crippen molar-refractivity contribution in [2.24, 2.45) is 4.99 Å². The molecule has 0 saturated carbocycles. The van der Waals surface area contributed by atoms with Gasteiger partial charge in [-0.2, -0.15) is 8.78 Å². The Hall–Kier alpha value is -3.30. The van der Waals surface area contributed by atoms with E-state index in [-0.39, 0.29) is 24.0 Å². The van der Waals surface area contributed by atoms with E-state index >= 15 is 0 Å². The fraction of sp³-hybridized carbons (Fsp3) is 0.368. The molecule has 0 aliphatic heterocycles. The second kappa shape index (κ2) is 11.5. The van der Waals surface area contributed by atoms with E-state index in [0.717, 1.165) is 0 Å². The van der Waals surface area contributed by atoms with Crippen LogP contribution in [0.15, 0.2) is 46.0 Å². The number of guanidine groups is 1. The van der Waals surface area contributed by atoms with Crippen molar-refractivity contribution in [1.29, 1.82) is 0 Å². The van der Waals surface area contributed by atoms with Gasteiger partial charge in [0.2, 0.25) is 0 Å². The van der Waals surface area contributed by atoms with Crippen LogP contribution >= 0.6 is 0 Å². The molecule has 29 heavy (non-hydrogen) atoms. The summed E-state index contributed by atoms with van der Waals surface area (Å²) in [5.74, 6) is 0.922. The van der Waals surface area contributed by atoms with Crippen LogP contribution in [0.5, 0.6) is 11.5 Å². The van der Waals surface area contributed by atoms with E-state index in [1.165, 1.54) is 25.5 Å². The molecule has 0 unspecified atom stereocenters. The Morgan fingerprint density at radius 1 is 1.21 bits per heavy atom. The molecular weight excluding hydrogens is 386 g/mol. The Morgan fingerprint density at radius 2 is 2.00 bits per heavy atom. The zero-order chi connectivity index (χ0) is 21.1. The number of amides is 1. The molecule has 0 bridgehead atoms. The van der Waals surface area contributed by atoms with Crippen LogP contribution in [0.4, 0.5) is 8.78 Å². The number of nitrogens with zero attached hydrogens (tertiary/aromatic N) is 1. The Morgan fingerprint density at radius 3 is 2.66 bits per heavy atom. The van der Waals surface area contributed by atoms with Crippen molar-refractivity contribution in [3.05, 3.63) is 47.9 Å². The van der Waals surface area contributed by atoms with Crippen molar-refractivity contribution in [1.82, 2.24) is 16.0 Å². The number of rotatable bonds is 10. The van der Waals surface area contributed by atoms with Crippen LogP contribution < -0.4 is 25.4 Å². The van der Waals surface area contributed by atoms with Gasteiger partial charge in [-0.1, -0.05) is 0 Å². The lowest BCUT2D eigenvalue weighted by Crippen LogP contribution is -2.41. The number of hydrogen-bond acceptors (Lipinski definition) is 5. The minimum absolute atomic E-state index is 0.0334. The van der Waals surface area contributed by atoms with E-state index in [4.69, 9.17) is 9.15 Å². The van der Waals surface area contributed by atoms with Gasteiger partial charge in [0, 0.05) is 25.2 Å². The van der Waals surface area contributed by atoms with Crippen LogP contribution in [0.2, 0.25) is 0 Å². The third kappa shape index (κ3) is 7.32. The number of carbonyl (C=O) groups excluding carboxylic acids is 1. The molecular formula is C19H24F2N4O4. The third-order valence-corrected chi connectivity index (χ3v) is 3.68. The van der Waals surface area contributed by atoms with E-state index < -0.39 is 6.61 Å². The summed E-state index contributed by atoms with van der Waals surface area (Å²) in [5.41, 5.74) is 0.452. The summed E-state index contributed by atoms with van der Waals surface area (Å²) in [6.07, 6.45) is 1.42. The van der Waals surface area contributed by atoms with Gasteiger partial charge in [0.05, 0.1) is 19.9 Å². The van der Waals surface area contributed by atoms with Crippen LogP contribution in [0.1, 0.15) is 23.0 Å². The maximum atomic E-state index is 12.6. The fourth-order valence-electron chi connectivity index (χ4n) is 2.38. The summed E-state index contributed by atoms with van der Waals surface area (Å²) >= 11 is 0. The fourth-order valence-corrected chi connectivity index (χ4v) is 2.38. The van der Waals surface area contributed by atoms with Crippen LogP contribution in [-0.2, 0) is 6.54 Å². The van der Waals surface area contributed by atoms with Gasteiger partial charge in [-0.15, -0.1) is 0 Å². The van der Waals surface area contributed by atoms with Crippen LogP contribution in [0.3, 0.4) is 0 Å². The number of nitrogens with one attached hydrogen (secondary N) is 3. The zero-order valence-corrected chi connectivity index (χ0v) is 16.2. The lowest BCUT2D eigenvalue weighted by molar-refractivity contribution is -0.0504. The number of benzene rings is 1. The second-order valence-corrected chi connectivity index (χ2v) is 5.71. The minimum Gasteiger partial charge on any atom is -0.497 e. The molecule has 0 aliphatic rings. The summed E-state index contributed by atoms with van der Waals surface area (Å²) in [5, 5.41) is 8.80. The third-order valence-electron chi connectivity index (χ3n) is 3.68. The van der Waals surface area contributed by atoms with E-state index in [1.807, 2.05) is 6.92 Å². The van der Waals surface area contributed by atoms with E-state index in [1.54, 1.807) is 18.2 Å². The molecule has 0 aliphatic carbocycles. The first-order chi connectivity index (χ1) is 14.0. The molecule has 1 heterocycles. The second-order valence-electron chi connectivity index (χ2n) is 5.71. The average molecular weight is 410 g/mol. The smallest absolute Gasteiger partial charge is 0.387 e. The van der Waals surface area contributed by atoms with Gasteiger partial charge < -0.3 is 29.8 Å². The number of furan rings is 1. The molecule has 0 fully saturated rings. The largest absolute Gasteiger partial charge is 0.497 e. The molecule has 158 valence electrons. The van der Waals surface area contributed by atoms with Gasteiger partial charge in [0.25, 0.3) is 5.91 Å². The molecule has 3 N–H and O–H groups in total. The minimum atomic E-state index is -2.93. The zero-order valence-electron chi connectivity index (χ0n) is 16.2. The van der Waals surface area contributed by atoms with Gasteiger partial charge in [0.1, 0.15) is 11.5 Å². The monoisotopic (exact) mass is 410 g/mol. The SMILES string of the molecule is CCNC(=NCc1cc(OC)ccc1OC(F)F)NCCNC(=O)c1ccco1. The lowest BCUT2D eigenvalue weighted by atomic mass is 10.2. The number of ether oxygens (including phenoxy) is 2. The van der Waals surface area contributed by atoms with Gasteiger partial charge >= 0.3 is 6.61 Å². The molecule has 1 amide bonds. The first-order valence-corrected chi connectivity index (χ1v) is 8.99. The quantitative estimate of drug-likeness (QED) is 0.316. The van der Waals surface area contributed by atoms with Crippen LogP contribution in [-0.4, -0.2) is 45.2 Å². The Labute approximate surface area is 167 Å². The van der Waals surface area contributed by atoms with Crippen LogP contribution in [0, 0.1) is 0 Å². The molecule has 0 spiro atoms. The Balaban J connectivity index is 1.94. The maximum absolute atomic E-state index is 12.6. The van der Waals surface area contributed by atoms with E-state index in [0.29, 0.717) is 36.9 Å². The van der Waals surface area contributed by atoms with Crippen molar-refractivity contribution in [3.63, 3.8) is 0 Å². The number of methoxy groups -OCH3 is 1. The van der Waals surface area contributed by atoms with Crippen molar-refractivity contribution in [3.8, 4) is 11.5 Å². The Bertz CT molecular complexity index is 798. The molecule has 0 atom stereocenters. The summed E-state index contributed by atoms with van der Waals surface area (Å²) in [7, 11) is 1.48. The number of hydrogen-bond donors (Lipinski definition) is 3. The van der Waals surface area contributed by atoms with E-state index in [9.17, 15) is 13.6 Å². The first-order valence-electron chi connectivity index (χ1n) is 8.99. The molecule has 1 aromatic carbocycles. The predicted octanol–water partition coefficient (Wildman–Crippen LogP) is 2.37. The average Bonchev–Trinajstić information content (AvgIpc) is 3.24. The maximum Gasteiger partial charge on any atom is 0.387 e. The van der Waals surface area contributed by atoms with Gasteiger partial charge in [-0.3, -0.25) is 4.79 Å². The highest BCUT2D eigenvalue weighted by molar-refractivity contribution is 5.91. The highest BCUT2D eigenvalue weighted by Gasteiger charge is 2.11. The summed E-state index contributed by atoms with van der Waals surface area (Å²) in [4.78, 5) is 16.2. The van der Waals surface area contributed by atoms with Gasteiger partial charge in [-0.05, 0) is 37.3 Å². The van der Waals surface area contributed by atoms with E-state index in [2.05, 4.69) is 25.7 Å². The number of aliphatic imine (C=N–C) groups is 1. The van der Waals surface area contributed by atoms with Gasteiger partial charge in [0.15, 0.2) is 11.7 Å². The standard InChI is InChI=1S/C19H24F2N4O4/c1-3-22-19(24-9-8-23-17(26)16-5-4-10-28-16)25-12-13-11-14(27-2)6-7-15(13)29-18(20)21/h4-7,10-11,18H,3,8-9,12H2,1-2H3,(H,23,26)(H2,22,24,25). The Kier molecular flexibility index (Phi) is 8.74. The highest BCUT2D eigenvalue weighted by Crippen LogP contribution is 2.26. The molecule has 2 rings (SSSR count). The van der Waals surface area contributed by atoms with Gasteiger partial charge in [-0.25, -0.2) is 4.99 Å². The first kappa shape index (κ1) is 22.0. The van der Waals surface area contributed by atoms with Crippen LogP contribution in [0.25, 0.3) is 0 Å². The number of carbonyl (C=O) groups is 1. The van der Waals surface area contributed by atoms with Crippen molar-refractivity contribution in [2.75, 3.05) is 26.7 Å². The summed E-state index contributed by atoms with van der Waals surface area (Å²) in [6, 6.07) is 7.75. The molecule has 2 aromatic rings. The predicted molar refractivity (Wildman–Crippen MR) is 103 cm³/mol. The normalized spacial score (nSPS) is 11.3. The number of alkyl halides is 2. The summed E-state index contributed by atoms with van der Waals surface area (Å²) < 4.78 is 39.9. The molecule has 8 nitrogen and oxygen atoms in total.